The van der Waals surface area contributed by atoms with Crippen molar-refractivity contribution in [2.45, 2.75) is 11.8 Å². The van der Waals surface area contributed by atoms with Crippen molar-refractivity contribution in [2.75, 3.05) is 10.0 Å². The molecule has 0 spiro atoms. The van der Waals surface area contributed by atoms with Gasteiger partial charge in [-0.1, -0.05) is 29.8 Å². The van der Waals surface area contributed by atoms with E-state index < -0.39 is 15.9 Å². The molecular formula is C18H14BrClN2O4S. The van der Waals surface area contributed by atoms with Crippen LogP contribution in [0.3, 0.4) is 0 Å². The van der Waals surface area contributed by atoms with E-state index in [9.17, 15) is 13.2 Å². The van der Waals surface area contributed by atoms with Gasteiger partial charge < -0.3 is 9.73 Å². The van der Waals surface area contributed by atoms with Crippen molar-refractivity contribution < 1.29 is 17.6 Å². The molecule has 0 radical (unpaired) electrons. The molecule has 3 rings (SSSR count). The van der Waals surface area contributed by atoms with E-state index in [0.29, 0.717) is 15.9 Å². The zero-order valence-electron chi connectivity index (χ0n) is 14.0. The van der Waals surface area contributed by atoms with Gasteiger partial charge in [0.05, 0.1) is 15.6 Å². The Bertz CT molecular complexity index is 1110. The molecule has 3 aromatic rings. The molecule has 0 saturated carbocycles. The normalized spacial score (nSPS) is 11.2. The highest BCUT2D eigenvalue weighted by Gasteiger charge is 2.20. The summed E-state index contributed by atoms with van der Waals surface area (Å²) in [6, 6.07) is 14.2. The molecule has 2 N–H and O–H groups in total. The van der Waals surface area contributed by atoms with E-state index in [-0.39, 0.29) is 21.4 Å². The Balaban J connectivity index is 1.88. The van der Waals surface area contributed by atoms with Gasteiger partial charge in [-0.25, -0.2) is 8.42 Å². The van der Waals surface area contributed by atoms with Crippen LogP contribution < -0.4 is 10.0 Å². The number of halogens is 2. The topological polar surface area (TPSA) is 88.4 Å². The van der Waals surface area contributed by atoms with Crippen LogP contribution in [-0.2, 0) is 10.0 Å². The number of aryl methyl sites for hydroxylation is 1. The number of hydrogen-bond acceptors (Lipinski definition) is 4. The van der Waals surface area contributed by atoms with Crippen LogP contribution in [0.5, 0.6) is 0 Å². The van der Waals surface area contributed by atoms with Gasteiger partial charge in [-0.2, -0.15) is 0 Å². The summed E-state index contributed by atoms with van der Waals surface area (Å²) in [6.45, 7) is 1.66. The number of rotatable bonds is 5. The molecule has 1 aromatic heterocycles. The van der Waals surface area contributed by atoms with Gasteiger partial charge in [-0.05, 0) is 64.8 Å². The fourth-order valence-corrected chi connectivity index (χ4v) is 4.24. The molecule has 1 amide bonds. The number of benzene rings is 2. The summed E-state index contributed by atoms with van der Waals surface area (Å²) in [5.41, 5.74) is 1.11. The predicted octanol–water partition coefficient (Wildman–Crippen LogP) is 5.06. The summed E-state index contributed by atoms with van der Waals surface area (Å²) in [5, 5.41) is 2.90. The highest BCUT2D eigenvalue weighted by Crippen LogP contribution is 2.27. The van der Waals surface area contributed by atoms with Gasteiger partial charge in [0.25, 0.3) is 15.9 Å². The molecule has 0 atom stereocenters. The van der Waals surface area contributed by atoms with Crippen molar-refractivity contribution >= 4 is 54.8 Å². The maximum absolute atomic E-state index is 12.8. The molecule has 0 saturated heterocycles. The Morgan fingerprint density at radius 1 is 1.11 bits per heavy atom. The molecule has 0 aliphatic rings. The molecule has 0 fully saturated rings. The van der Waals surface area contributed by atoms with Crippen molar-refractivity contribution in [2.24, 2.45) is 0 Å². The van der Waals surface area contributed by atoms with Crippen LogP contribution in [-0.4, -0.2) is 14.3 Å². The fraction of sp³-hybridized carbons (Fsp3) is 0.0556. The first kappa shape index (κ1) is 19.5. The summed E-state index contributed by atoms with van der Waals surface area (Å²) in [7, 11) is -3.90. The fourth-order valence-electron chi connectivity index (χ4n) is 2.34. The van der Waals surface area contributed by atoms with Gasteiger partial charge >= 0.3 is 0 Å². The highest BCUT2D eigenvalue weighted by molar-refractivity contribution is 9.10. The van der Waals surface area contributed by atoms with Crippen LogP contribution in [0.25, 0.3) is 0 Å². The second-order valence-corrected chi connectivity index (χ2v) is 8.46. The molecule has 0 aliphatic carbocycles. The average Bonchev–Trinajstić information content (AvgIpc) is 3.05. The summed E-state index contributed by atoms with van der Waals surface area (Å²) in [4.78, 5) is 12.2. The summed E-state index contributed by atoms with van der Waals surface area (Å²) >= 11 is 9.15. The van der Waals surface area contributed by atoms with Gasteiger partial charge in [-0.3, -0.25) is 9.52 Å². The highest BCUT2D eigenvalue weighted by atomic mass is 79.9. The number of para-hydroxylation sites is 1. The Kier molecular flexibility index (Phi) is 5.59. The Hall–Kier alpha value is -2.29. The van der Waals surface area contributed by atoms with E-state index in [4.69, 9.17) is 16.0 Å². The quantitative estimate of drug-likeness (QED) is 0.547. The van der Waals surface area contributed by atoms with Crippen LogP contribution >= 0.6 is 27.5 Å². The van der Waals surface area contributed by atoms with Crippen molar-refractivity contribution in [3.63, 3.8) is 0 Å². The van der Waals surface area contributed by atoms with Crippen molar-refractivity contribution in [1.82, 2.24) is 0 Å². The van der Waals surface area contributed by atoms with E-state index in [0.717, 1.165) is 0 Å². The van der Waals surface area contributed by atoms with E-state index >= 15 is 0 Å². The maximum atomic E-state index is 12.8. The minimum Gasteiger partial charge on any atom is -0.444 e. The third kappa shape index (κ3) is 4.52. The average molecular weight is 470 g/mol. The van der Waals surface area contributed by atoms with Crippen LogP contribution in [0.1, 0.15) is 16.1 Å². The number of carbonyl (C=O) groups is 1. The zero-order chi connectivity index (χ0) is 19.6. The van der Waals surface area contributed by atoms with Crippen molar-refractivity contribution in [3.05, 3.63) is 75.6 Å². The first-order valence-electron chi connectivity index (χ1n) is 7.71. The Morgan fingerprint density at radius 2 is 1.85 bits per heavy atom. The number of hydrogen-bond donors (Lipinski definition) is 2. The minimum absolute atomic E-state index is 0.0286. The van der Waals surface area contributed by atoms with Crippen molar-refractivity contribution in [1.29, 1.82) is 0 Å². The van der Waals surface area contributed by atoms with Crippen molar-refractivity contribution in [3.8, 4) is 0 Å². The first-order chi connectivity index (χ1) is 12.8. The second kappa shape index (κ2) is 7.75. The molecule has 1 heterocycles. The van der Waals surface area contributed by atoms with Crippen LogP contribution in [0.15, 0.2) is 68.6 Å². The van der Waals surface area contributed by atoms with Crippen LogP contribution in [0.4, 0.5) is 11.4 Å². The monoisotopic (exact) mass is 468 g/mol. The van der Waals surface area contributed by atoms with E-state index in [1.54, 1.807) is 49.4 Å². The van der Waals surface area contributed by atoms with Crippen LogP contribution in [0, 0.1) is 6.92 Å². The van der Waals surface area contributed by atoms with Gasteiger partial charge in [0.15, 0.2) is 10.4 Å². The molecule has 27 heavy (non-hydrogen) atoms. The number of nitrogens with one attached hydrogen (secondary N) is 2. The van der Waals surface area contributed by atoms with E-state index in [2.05, 4.69) is 26.0 Å². The van der Waals surface area contributed by atoms with Crippen LogP contribution in [0.2, 0.25) is 5.02 Å². The lowest BCUT2D eigenvalue weighted by Gasteiger charge is -2.13. The summed E-state index contributed by atoms with van der Waals surface area (Å²) in [5.74, 6) is -0.395. The van der Waals surface area contributed by atoms with Gasteiger partial charge in [-0.15, -0.1) is 0 Å². The third-order valence-corrected chi connectivity index (χ3v) is 5.91. The zero-order valence-corrected chi connectivity index (χ0v) is 17.2. The molecule has 0 bridgehead atoms. The summed E-state index contributed by atoms with van der Waals surface area (Å²) < 4.78 is 33.6. The Morgan fingerprint density at radius 3 is 2.52 bits per heavy atom. The molecule has 140 valence electrons. The lowest BCUT2D eigenvalue weighted by Crippen LogP contribution is -2.16. The lowest BCUT2D eigenvalue weighted by atomic mass is 10.2. The summed E-state index contributed by atoms with van der Waals surface area (Å²) in [6.07, 6.45) is 0. The van der Waals surface area contributed by atoms with Gasteiger partial charge in [0.1, 0.15) is 0 Å². The number of amides is 1. The molecule has 2 aromatic carbocycles. The number of anilines is 2. The smallest absolute Gasteiger partial charge is 0.291 e. The second-order valence-electron chi connectivity index (χ2n) is 5.62. The maximum Gasteiger partial charge on any atom is 0.291 e. The number of furan rings is 1. The predicted molar refractivity (Wildman–Crippen MR) is 108 cm³/mol. The largest absolute Gasteiger partial charge is 0.444 e. The number of sulfonamides is 1. The first-order valence-corrected chi connectivity index (χ1v) is 10.4. The lowest BCUT2D eigenvalue weighted by molar-refractivity contribution is 0.0995. The van der Waals surface area contributed by atoms with Gasteiger partial charge in [0.2, 0.25) is 0 Å². The van der Waals surface area contributed by atoms with Gasteiger partial charge in [0, 0.05) is 5.69 Å². The molecule has 0 unspecified atom stereocenters. The molecule has 6 nitrogen and oxygen atoms in total. The van der Waals surface area contributed by atoms with E-state index in [1.807, 2.05) is 0 Å². The Labute approximate surface area is 169 Å². The number of carbonyl (C=O) groups excluding carboxylic acids is 1. The molecule has 0 aliphatic heterocycles. The third-order valence-electron chi connectivity index (χ3n) is 3.65. The minimum atomic E-state index is -3.90. The van der Waals surface area contributed by atoms with E-state index in [1.165, 1.54) is 12.1 Å². The molecule has 9 heteroatoms. The SMILES string of the molecule is Cc1ccc(NC(=O)c2ccc(Br)o2)cc1S(=O)(=O)Nc1ccccc1Cl. The molecular weight excluding hydrogens is 456 g/mol. The standard InChI is InChI=1S/C18H14BrClN2O4S/c1-11-6-7-12(21-18(23)15-8-9-17(19)26-15)10-16(11)27(24,25)22-14-5-3-2-4-13(14)20/h2-10,22H,1H3,(H,21,23).